The standard InChI is InChI=1S/C14H6BrF8NO3S/c15-6-1-2-12(11(3-6)27-14(21,22)23)28(25,26)24-10-5-8(16)7(4-9(10)17)13(18,19)20/h1-5,24H. The van der Waals surface area contributed by atoms with Gasteiger partial charge in [0.25, 0.3) is 10.0 Å². The van der Waals surface area contributed by atoms with Crippen LogP contribution in [0, 0.1) is 11.6 Å². The molecule has 2 aromatic rings. The van der Waals surface area contributed by atoms with E-state index in [-0.39, 0.29) is 16.6 Å². The minimum absolute atomic E-state index is 0.00236. The highest BCUT2D eigenvalue weighted by Crippen LogP contribution is 2.36. The molecule has 0 aromatic heterocycles. The molecule has 4 nitrogen and oxygen atoms in total. The van der Waals surface area contributed by atoms with Crippen molar-refractivity contribution in [2.45, 2.75) is 17.4 Å². The summed E-state index contributed by atoms with van der Waals surface area (Å²) in [5.41, 5.74) is -3.23. The predicted octanol–water partition coefficient (Wildman–Crippen LogP) is 5.45. The maximum Gasteiger partial charge on any atom is 0.573 e. The Morgan fingerprint density at radius 2 is 1.54 bits per heavy atom. The normalized spacial score (nSPS) is 12.8. The molecule has 0 aliphatic rings. The van der Waals surface area contributed by atoms with E-state index in [2.05, 4.69) is 20.7 Å². The van der Waals surface area contributed by atoms with Crippen molar-refractivity contribution in [2.24, 2.45) is 0 Å². The number of ether oxygens (including phenoxy) is 1. The third kappa shape index (κ3) is 5.25. The second-order valence-corrected chi connectivity index (χ2v) is 7.62. The summed E-state index contributed by atoms with van der Waals surface area (Å²) in [6, 6.07) is 1.94. The molecule has 0 radical (unpaired) electrons. The first-order chi connectivity index (χ1) is 12.6. The third-order valence-corrected chi connectivity index (χ3v) is 4.93. The van der Waals surface area contributed by atoms with E-state index < -0.39 is 56.1 Å². The number of halogens is 9. The molecule has 0 atom stereocenters. The van der Waals surface area contributed by atoms with E-state index in [1.807, 2.05) is 0 Å². The van der Waals surface area contributed by atoms with Gasteiger partial charge < -0.3 is 4.74 Å². The molecule has 0 fully saturated rings. The topological polar surface area (TPSA) is 55.4 Å². The molecule has 0 aliphatic carbocycles. The van der Waals surface area contributed by atoms with Crippen molar-refractivity contribution in [3.05, 3.63) is 52.0 Å². The molecule has 0 saturated carbocycles. The second kappa shape index (κ2) is 7.39. The Morgan fingerprint density at radius 1 is 0.929 bits per heavy atom. The van der Waals surface area contributed by atoms with E-state index in [0.717, 1.165) is 6.07 Å². The van der Waals surface area contributed by atoms with Crippen LogP contribution in [0.15, 0.2) is 39.7 Å². The fraction of sp³-hybridized carbons (Fsp3) is 0.143. The van der Waals surface area contributed by atoms with Crippen LogP contribution in [0.2, 0.25) is 0 Å². The molecule has 0 heterocycles. The molecular weight excluding hydrogens is 494 g/mol. The number of anilines is 1. The molecule has 1 N–H and O–H groups in total. The molecule has 0 saturated heterocycles. The van der Waals surface area contributed by atoms with Crippen LogP contribution in [0.25, 0.3) is 0 Å². The summed E-state index contributed by atoms with van der Waals surface area (Å²) in [5.74, 6) is -5.00. The highest BCUT2D eigenvalue weighted by molar-refractivity contribution is 9.10. The van der Waals surface area contributed by atoms with Gasteiger partial charge in [-0.15, -0.1) is 13.2 Å². The lowest BCUT2D eigenvalue weighted by Gasteiger charge is -2.16. The van der Waals surface area contributed by atoms with E-state index in [0.29, 0.717) is 12.1 Å². The first-order valence-corrected chi connectivity index (χ1v) is 9.02. The minimum atomic E-state index is -5.28. The summed E-state index contributed by atoms with van der Waals surface area (Å²) in [5, 5.41) is 0. The van der Waals surface area contributed by atoms with Crippen LogP contribution in [0.3, 0.4) is 0 Å². The van der Waals surface area contributed by atoms with Crippen LogP contribution in [-0.2, 0) is 16.2 Å². The average molecular weight is 500 g/mol. The smallest absolute Gasteiger partial charge is 0.404 e. The van der Waals surface area contributed by atoms with Crippen LogP contribution in [0.5, 0.6) is 5.75 Å². The van der Waals surface area contributed by atoms with E-state index in [1.165, 1.54) is 4.72 Å². The second-order valence-electron chi connectivity index (χ2n) is 5.05. The van der Waals surface area contributed by atoms with Crippen LogP contribution in [0.4, 0.5) is 40.8 Å². The van der Waals surface area contributed by atoms with Crippen LogP contribution in [0.1, 0.15) is 5.56 Å². The zero-order valence-corrected chi connectivity index (χ0v) is 15.3. The summed E-state index contributed by atoms with van der Waals surface area (Å²) >= 11 is 2.81. The van der Waals surface area contributed by atoms with E-state index in [1.54, 1.807) is 0 Å². The van der Waals surface area contributed by atoms with Crippen molar-refractivity contribution in [3.8, 4) is 5.75 Å². The number of hydrogen-bond donors (Lipinski definition) is 1. The van der Waals surface area contributed by atoms with Gasteiger partial charge in [0, 0.05) is 10.5 Å². The van der Waals surface area contributed by atoms with E-state index in [4.69, 9.17) is 0 Å². The molecule has 28 heavy (non-hydrogen) atoms. The van der Waals surface area contributed by atoms with Gasteiger partial charge in [-0.3, -0.25) is 4.72 Å². The monoisotopic (exact) mass is 499 g/mol. The maximum absolute atomic E-state index is 13.8. The van der Waals surface area contributed by atoms with E-state index >= 15 is 0 Å². The zero-order chi connectivity index (χ0) is 21.5. The van der Waals surface area contributed by atoms with Crippen LogP contribution in [-0.4, -0.2) is 14.8 Å². The summed E-state index contributed by atoms with van der Waals surface area (Å²) in [6.07, 6.45) is -10.5. The Morgan fingerprint density at radius 3 is 2.07 bits per heavy atom. The molecule has 2 aromatic carbocycles. The fourth-order valence-electron chi connectivity index (χ4n) is 1.95. The molecule has 0 spiro atoms. The molecule has 0 bridgehead atoms. The van der Waals surface area contributed by atoms with Crippen molar-refractivity contribution in [1.82, 2.24) is 0 Å². The van der Waals surface area contributed by atoms with Gasteiger partial charge in [-0.1, -0.05) is 15.9 Å². The number of hydrogen-bond acceptors (Lipinski definition) is 3. The van der Waals surface area contributed by atoms with Gasteiger partial charge in [-0.2, -0.15) is 13.2 Å². The van der Waals surface area contributed by atoms with Crippen molar-refractivity contribution in [3.63, 3.8) is 0 Å². The van der Waals surface area contributed by atoms with Crippen molar-refractivity contribution in [1.29, 1.82) is 0 Å². The Bertz CT molecular complexity index is 1000. The van der Waals surface area contributed by atoms with Gasteiger partial charge in [-0.25, -0.2) is 17.2 Å². The summed E-state index contributed by atoms with van der Waals surface area (Å²) in [7, 11) is -5.00. The van der Waals surface area contributed by atoms with Crippen molar-refractivity contribution in [2.75, 3.05) is 4.72 Å². The number of benzene rings is 2. The number of alkyl halides is 6. The molecule has 2 rings (SSSR count). The quantitative estimate of drug-likeness (QED) is 0.569. The summed E-state index contributed by atoms with van der Waals surface area (Å²) in [6.45, 7) is 0. The number of sulfonamides is 1. The fourth-order valence-corrected chi connectivity index (χ4v) is 3.46. The molecule has 0 amide bonds. The first-order valence-electron chi connectivity index (χ1n) is 6.74. The van der Waals surface area contributed by atoms with Crippen molar-refractivity contribution >= 4 is 31.6 Å². The van der Waals surface area contributed by atoms with Gasteiger partial charge in [-0.05, 0) is 24.3 Å². The Balaban J connectivity index is 2.49. The lowest BCUT2D eigenvalue weighted by atomic mass is 10.2. The highest BCUT2D eigenvalue weighted by Gasteiger charge is 2.37. The molecular formula is C14H6BrF8NO3S. The SMILES string of the molecule is O=S(=O)(Nc1cc(F)c(C(F)(F)F)cc1F)c1ccc(Br)cc1OC(F)(F)F. The number of nitrogens with one attached hydrogen (secondary N) is 1. The largest absolute Gasteiger partial charge is 0.573 e. The lowest BCUT2D eigenvalue weighted by molar-refractivity contribution is -0.275. The van der Waals surface area contributed by atoms with Crippen molar-refractivity contribution < 1.29 is 48.3 Å². The molecule has 0 aliphatic heterocycles. The van der Waals surface area contributed by atoms with Gasteiger partial charge in [0.1, 0.15) is 16.5 Å². The lowest BCUT2D eigenvalue weighted by Crippen LogP contribution is -2.21. The Labute approximate surface area is 160 Å². The average Bonchev–Trinajstić information content (AvgIpc) is 2.47. The number of rotatable bonds is 4. The summed E-state index contributed by atoms with van der Waals surface area (Å²) in [4.78, 5) is -1.12. The van der Waals surface area contributed by atoms with Gasteiger partial charge in [0.05, 0.1) is 11.3 Å². The molecule has 0 unspecified atom stereocenters. The van der Waals surface area contributed by atoms with Gasteiger partial charge in [0.15, 0.2) is 5.75 Å². The Kier molecular flexibility index (Phi) is 5.86. The minimum Gasteiger partial charge on any atom is -0.404 e. The predicted molar refractivity (Wildman–Crippen MR) is 83.0 cm³/mol. The van der Waals surface area contributed by atoms with Gasteiger partial charge >= 0.3 is 12.5 Å². The summed E-state index contributed by atoms with van der Waals surface area (Å²) < 4.78 is 132. The Hall–Kier alpha value is -2.09. The highest BCUT2D eigenvalue weighted by atomic mass is 79.9. The molecule has 14 heteroatoms. The van der Waals surface area contributed by atoms with E-state index in [9.17, 15) is 43.5 Å². The zero-order valence-electron chi connectivity index (χ0n) is 12.9. The molecule has 154 valence electrons. The first kappa shape index (κ1) is 22.2. The van der Waals surface area contributed by atoms with Crippen LogP contribution >= 0.6 is 15.9 Å². The van der Waals surface area contributed by atoms with Gasteiger partial charge in [0.2, 0.25) is 0 Å². The third-order valence-electron chi connectivity index (χ3n) is 3.03. The van der Waals surface area contributed by atoms with Crippen LogP contribution < -0.4 is 9.46 Å². The maximum atomic E-state index is 13.8.